The molecule has 9 nitrogen and oxygen atoms in total. The van der Waals surface area contributed by atoms with Crippen LogP contribution in [0.15, 0.2) is 48.8 Å². The van der Waals surface area contributed by atoms with E-state index >= 15 is 0 Å². The van der Waals surface area contributed by atoms with Crippen molar-refractivity contribution < 1.29 is 19.3 Å². The topological polar surface area (TPSA) is 128 Å². The van der Waals surface area contributed by atoms with Crippen LogP contribution in [0.2, 0.25) is 0 Å². The molecule has 3 aromatic rings. The number of fused-ring (bicyclic) bond motifs is 1. The molecule has 28 heavy (non-hydrogen) atoms. The number of hydrogen-bond acceptors (Lipinski definition) is 8. The summed E-state index contributed by atoms with van der Waals surface area (Å²) in [7, 11) is 0. The molecule has 0 unspecified atom stereocenters. The molecule has 0 amide bonds. The number of nitrogens with two attached hydrogens (primary N) is 1. The zero-order valence-electron chi connectivity index (χ0n) is 14.9. The van der Waals surface area contributed by atoms with Crippen LogP contribution in [0, 0.1) is 11.3 Å². The Hall–Kier alpha value is -3.19. The van der Waals surface area contributed by atoms with Gasteiger partial charge in [-0.2, -0.15) is 10.4 Å². The van der Waals surface area contributed by atoms with Crippen LogP contribution in [-0.4, -0.2) is 45.3 Å². The maximum Gasteiger partial charge on any atom is 0.222 e. The standard InChI is InChI=1S/C19H19N5O4/c20-10-19(16-7-6-15-18(21)22-11-23-24(15)16)17(25)8-14(28-19)9-26-12-27-13-4-2-1-3-5-13/h1-7,11,14,17,25H,8-9,12H2,(H2,21,22,23)/t14-,17+,19-/m0/s1. The predicted octanol–water partition coefficient (Wildman–Crippen LogP) is 1.23. The lowest BCUT2D eigenvalue weighted by molar-refractivity contribution is -0.0883. The van der Waals surface area contributed by atoms with Gasteiger partial charge in [0.15, 0.2) is 12.6 Å². The van der Waals surface area contributed by atoms with Crippen molar-refractivity contribution in [2.24, 2.45) is 0 Å². The Morgan fingerprint density at radius 2 is 2.14 bits per heavy atom. The third-order valence-corrected chi connectivity index (χ3v) is 4.69. The maximum atomic E-state index is 10.6. The van der Waals surface area contributed by atoms with Gasteiger partial charge >= 0.3 is 0 Å². The summed E-state index contributed by atoms with van der Waals surface area (Å²) in [4.78, 5) is 3.93. The number of para-hydroxylation sites is 1. The molecule has 1 fully saturated rings. The Morgan fingerprint density at radius 3 is 2.93 bits per heavy atom. The summed E-state index contributed by atoms with van der Waals surface area (Å²) in [6, 6.07) is 14.7. The van der Waals surface area contributed by atoms with Gasteiger partial charge in [0, 0.05) is 6.42 Å². The molecule has 0 radical (unpaired) electrons. The maximum absolute atomic E-state index is 10.6. The predicted molar refractivity (Wildman–Crippen MR) is 98.1 cm³/mol. The van der Waals surface area contributed by atoms with E-state index < -0.39 is 17.8 Å². The Labute approximate surface area is 160 Å². The lowest BCUT2D eigenvalue weighted by atomic mass is 9.94. The van der Waals surface area contributed by atoms with Gasteiger partial charge in [-0.3, -0.25) is 0 Å². The van der Waals surface area contributed by atoms with Crippen molar-refractivity contribution in [2.75, 3.05) is 19.1 Å². The quantitative estimate of drug-likeness (QED) is 0.482. The highest BCUT2D eigenvalue weighted by Crippen LogP contribution is 2.40. The molecule has 1 aromatic carbocycles. The summed E-state index contributed by atoms with van der Waals surface area (Å²) in [5.41, 5.74) is 5.22. The molecule has 9 heteroatoms. The summed E-state index contributed by atoms with van der Waals surface area (Å²) in [5, 5.41) is 24.6. The van der Waals surface area contributed by atoms with Gasteiger partial charge in [0.2, 0.25) is 5.60 Å². The van der Waals surface area contributed by atoms with E-state index in [0.717, 1.165) is 0 Å². The number of rotatable bonds is 6. The largest absolute Gasteiger partial charge is 0.468 e. The minimum absolute atomic E-state index is 0.0390. The highest BCUT2D eigenvalue weighted by Gasteiger charge is 2.52. The molecule has 2 aromatic heterocycles. The third kappa shape index (κ3) is 3.14. The van der Waals surface area contributed by atoms with Gasteiger partial charge in [-0.25, -0.2) is 9.50 Å². The van der Waals surface area contributed by atoms with E-state index in [1.807, 2.05) is 30.3 Å². The fraction of sp³-hybridized carbons (Fsp3) is 0.316. The fourth-order valence-corrected chi connectivity index (χ4v) is 3.34. The number of benzene rings is 1. The average molecular weight is 381 g/mol. The second-order valence-corrected chi connectivity index (χ2v) is 6.45. The minimum Gasteiger partial charge on any atom is -0.468 e. The van der Waals surface area contributed by atoms with Crippen molar-refractivity contribution >= 4 is 11.3 Å². The number of aromatic nitrogens is 3. The molecular formula is C19H19N5O4. The van der Waals surface area contributed by atoms with Crippen LogP contribution < -0.4 is 10.5 Å². The molecule has 3 N–H and O–H groups in total. The van der Waals surface area contributed by atoms with Crippen LogP contribution in [0.1, 0.15) is 12.1 Å². The summed E-state index contributed by atoms with van der Waals surface area (Å²) >= 11 is 0. The highest BCUT2D eigenvalue weighted by atomic mass is 16.7. The number of aliphatic hydroxyl groups is 1. The van der Waals surface area contributed by atoms with Crippen molar-refractivity contribution in [2.45, 2.75) is 24.2 Å². The molecule has 0 spiro atoms. The first-order valence-corrected chi connectivity index (χ1v) is 8.75. The smallest absolute Gasteiger partial charge is 0.222 e. The van der Waals surface area contributed by atoms with Gasteiger partial charge in [0.1, 0.15) is 29.8 Å². The van der Waals surface area contributed by atoms with Crippen molar-refractivity contribution in [1.29, 1.82) is 5.26 Å². The molecule has 1 saturated heterocycles. The van der Waals surface area contributed by atoms with Crippen LogP contribution in [0.25, 0.3) is 5.52 Å². The first-order valence-electron chi connectivity index (χ1n) is 8.75. The van der Waals surface area contributed by atoms with E-state index in [0.29, 0.717) is 17.0 Å². The highest BCUT2D eigenvalue weighted by molar-refractivity contribution is 5.66. The number of nitrogen functional groups attached to an aromatic ring is 1. The number of hydrogen-bond donors (Lipinski definition) is 2. The number of ether oxygens (including phenoxy) is 3. The first kappa shape index (κ1) is 18.2. The van der Waals surface area contributed by atoms with Gasteiger partial charge in [-0.1, -0.05) is 18.2 Å². The molecule has 3 heterocycles. The second-order valence-electron chi connectivity index (χ2n) is 6.45. The summed E-state index contributed by atoms with van der Waals surface area (Å²) in [5.74, 6) is 0.970. The van der Waals surface area contributed by atoms with Crippen molar-refractivity contribution in [1.82, 2.24) is 14.6 Å². The molecule has 0 saturated carbocycles. The van der Waals surface area contributed by atoms with Crippen LogP contribution in [0.3, 0.4) is 0 Å². The van der Waals surface area contributed by atoms with Crippen LogP contribution in [0.5, 0.6) is 5.75 Å². The SMILES string of the molecule is N#C[C@@]1(c2ccc3c(N)ncnn23)O[C@H](COCOc2ccccc2)C[C@H]1O. The lowest BCUT2D eigenvalue weighted by Crippen LogP contribution is -2.36. The molecule has 3 atom stereocenters. The van der Waals surface area contributed by atoms with Gasteiger partial charge in [0.25, 0.3) is 0 Å². The fourth-order valence-electron chi connectivity index (χ4n) is 3.34. The van der Waals surface area contributed by atoms with Crippen LogP contribution in [0.4, 0.5) is 5.82 Å². The summed E-state index contributed by atoms with van der Waals surface area (Å²) in [6.45, 7) is 0.213. The minimum atomic E-state index is -1.57. The van der Waals surface area contributed by atoms with E-state index in [-0.39, 0.29) is 25.6 Å². The van der Waals surface area contributed by atoms with E-state index in [1.54, 1.807) is 12.1 Å². The number of aliphatic hydroxyl groups excluding tert-OH is 1. The van der Waals surface area contributed by atoms with Gasteiger partial charge < -0.3 is 25.1 Å². The molecule has 1 aliphatic heterocycles. The van der Waals surface area contributed by atoms with Crippen LogP contribution >= 0.6 is 0 Å². The Morgan fingerprint density at radius 1 is 1.32 bits per heavy atom. The van der Waals surface area contributed by atoms with E-state index in [1.165, 1.54) is 10.8 Å². The monoisotopic (exact) mass is 381 g/mol. The molecule has 1 aliphatic rings. The van der Waals surface area contributed by atoms with E-state index in [4.69, 9.17) is 19.9 Å². The summed E-state index contributed by atoms with van der Waals surface area (Å²) < 4.78 is 18.4. The zero-order chi connectivity index (χ0) is 19.6. The molecular weight excluding hydrogens is 362 g/mol. The van der Waals surface area contributed by atoms with Crippen molar-refractivity contribution in [3.05, 3.63) is 54.5 Å². The molecule has 4 rings (SSSR count). The third-order valence-electron chi connectivity index (χ3n) is 4.69. The molecule has 0 aliphatic carbocycles. The van der Waals surface area contributed by atoms with E-state index in [9.17, 15) is 10.4 Å². The van der Waals surface area contributed by atoms with Crippen molar-refractivity contribution in [3.8, 4) is 11.8 Å². The van der Waals surface area contributed by atoms with Crippen LogP contribution in [-0.2, 0) is 15.1 Å². The average Bonchev–Trinajstić information content (AvgIpc) is 3.28. The van der Waals surface area contributed by atoms with Gasteiger partial charge in [0.05, 0.1) is 18.4 Å². The Balaban J connectivity index is 1.45. The van der Waals surface area contributed by atoms with Gasteiger partial charge in [-0.05, 0) is 24.3 Å². The van der Waals surface area contributed by atoms with E-state index in [2.05, 4.69) is 16.2 Å². The molecule has 144 valence electrons. The summed E-state index contributed by atoms with van der Waals surface area (Å²) in [6.07, 6.45) is 0.0149. The second kappa shape index (κ2) is 7.44. The number of nitriles is 1. The Bertz CT molecular complexity index is 1000. The lowest BCUT2D eigenvalue weighted by Gasteiger charge is -2.24. The number of anilines is 1. The van der Waals surface area contributed by atoms with Gasteiger partial charge in [-0.15, -0.1) is 0 Å². The Kier molecular flexibility index (Phi) is 4.83. The van der Waals surface area contributed by atoms with Crippen molar-refractivity contribution in [3.63, 3.8) is 0 Å². The number of nitrogens with zero attached hydrogens (tertiary/aromatic N) is 4. The molecule has 0 bridgehead atoms. The first-order chi connectivity index (χ1) is 13.6. The normalized spacial score (nSPS) is 24.3. The zero-order valence-corrected chi connectivity index (χ0v) is 14.9.